The first-order chi connectivity index (χ1) is 14.9. The zero-order valence-electron chi connectivity index (χ0n) is 18.7. The first kappa shape index (κ1) is 22.6. The maximum absolute atomic E-state index is 13.1. The summed E-state index contributed by atoms with van der Waals surface area (Å²) in [5.41, 5.74) is 3.60. The number of unbranched alkanes of at least 4 members (excludes halogenated alkanes) is 2. The topological polar surface area (TPSA) is 64.2 Å². The highest BCUT2D eigenvalue weighted by atomic mass is 16.4. The van der Waals surface area contributed by atoms with Crippen LogP contribution < -0.4 is 5.69 Å². The zero-order chi connectivity index (χ0) is 22.4. The third-order valence-corrected chi connectivity index (χ3v) is 5.49. The van der Waals surface area contributed by atoms with Crippen molar-refractivity contribution < 1.29 is 9.90 Å². The fourth-order valence-electron chi connectivity index (χ4n) is 3.94. The lowest BCUT2D eigenvalue weighted by Gasteiger charge is -2.12. The summed E-state index contributed by atoms with van der Waals surface area (Å²) in [5, 5.41) is 9.80. The van der Waals surface area contributed by atoms with Gasteiger partial charge in [0.15, 0.2) is 0 Å². The van der Waals surface area contributed by atoms with Crippen LogP contribution in [0.25, 0.3) is 11.1 Å². The molecule has 0 atom stereocenters. The molecule has 1 N–H and O–H groups in total. The summed E-state index contributed by atoms with van der Waals surface area (Å²) >= 11 is 0. The summed E-state index contributed by atoms with van der Waals surface area (Å²) in [6.07, 6.45) is 5.98. The number of imidazole rings is 1. The number of carboxylic acids is 1. The second kappa shape index (κ2) is 10.3. The highest BCUT2D eigenvalue weighted by Gasteiger charge is 2.16. The lowest BCUT2D eigenvalue weighted by atomic mass is 9.97. The smallest absolute Gasteiger partial charge is 0.336 e. The second-order valence-electron chi connectivity index (χ2n) is 8.54. The number of carboxylic acid groups (broad SMARTS) is 1. The molecule has 0 fully saturated rings. The van der Waals surface area contributed by atoms with Crippen LogP contribution in [0.2, 0.25) is 0 Å². The van der Waals surface area contributed by atoms with Gasteiger partial charge in [0.05, 0.1) is 12.1 Å². The van der Waals surface area contributed by atoms with Crippen molar-refractivity contribution >= 4 is 5.97 Å². The molecular weight excluding hydrogens is 388 g/mol. The van der Waals surface area contributed by atoms with Crippen molar-refractivity contribution in [3.63, 3.8) is 0 Å². The van der Waals surface area contributed by atoms with Gasteiger partial charge in [-0.15, -0.1) is 0 Å². The highest BCUT2D eigenvalue weighted by molar-refractivity contribution is 5.96. The van der Waals surface area contributed by atoms with E-state index in [1.54, 1.807) is 10.6 Å². The number of rotatable bonds is 10. The van der Waals surface area contributed by atoms with E-state index in [-0.39, 0.29) is 11.3 Å². The van der Waals surface area contributed by atoms with Crippen molar-refractivity contribution in [2.75, 3.05) is 0 Å². The van der Waals surface area contributed by atoms with E-state index in [0.717, 1.165) is 49.0 Å². The van der Waals surface area contributed by atoms with Crippen LogP contribution in [0.4, 0.5) is 0 Å². The number of aromatic nitrogens is 2. The second-order valence-corrected chi connectivity index (χ2v) is 8.54. The number of benzene rings is 2. The van der Waals surface area contributed by atoms with Gasteiger partial charge in [0.1, 0.15) is 0 Å². The molecule has 0 aliphatic carbocycles. The summed E-state index contributed by atoms with van der Waals surface area (Å²) in [6.45, 7) is 7.52. The average Bonchev–Trinajstić information content (AvgIpc) is 3.03. The third-order valence-electron chi connectivity index (χ3n) is 5.49. The summed E-state index contributed by atoms with van der Waals surface area (Å²) in [7, 11) is 0. The monoisotopic (exact) mass is 420 g/mol. The first-order valence-electron chi connectivity index (χ1n) is 11.1. The lowest BCUT2D eigenvalue weighted by Crippen LogP contribution is -2.26. The molecule has 0 saturated carbocycles. The van der Waals surface area contributed by atoms with Crippen molar-refractivity contribution in [3.8, 4) is 11.1 Å². The Morgan fingerprint density at radius 3 is 2.45 bits per heavy atom. The molecule has 0 amide bonds. The summed E-state index contributed by atoms with van der Waals surface area (Å²) in [5.74, 6) is -0.542. The molecule has 5 heteroatoms. The standard InChI is InChI=1S/C26H32N2O3/c1-4-5-9-14-27-18-22(15-19(2)3)28(26(27)31)17-20-12-13-23(24(16-20)25(29)30)21-10-7-6-8-11-21/h6-8,10-13,16,18-19H,4-5,9,14-15,17H2,1-3H3,(H,29,30). The number of carbonyl (C=O) groups is 1. The van der Waals surface area contributed by atoms with Crippen molar-refractivity contribution in [3.05, 3.63) is 82.0 Å². The highest BCUT2D eigenvalue weighted by Crippen LogP contribution is 2.25. The number of aryl methyl sites for hydroxylation is 1. The Bertz CT molecular complexity index is 1080. The average molecular weight is 421 g/mol. The summed E-state index contributed by atoms with van der Waals surface area (Å²) in [6, 6.07) is 15.0. The minimum absolute atomic E-state index is 0.0178. The van der Waals surface area contributed by atoms with Crippen molar-refractivity contribution in [2.45, 2.75) is 59.5 Å². The van der Waals surface area contributed by atoms with Crippen LogP contribution in [0, 0.1) is 5.92 Å². The first-order valence-corrected chi connectivity index (χ1v) is 11.1. The Kier molecular flexibility index (Phi) is 7.50. The number of nitrogens with zero attached hydrogens (tertiary/aromatic N) is 2. The Hall–Kier alpha value is -3.08. The molecule has 0 aliphatic heterocycles. The van der Waals surface area contributed by atoms with Crippen LogP contribution >= 0.6 is 0 Å². The van der Waals surface area contributed by atoms with E-state index in [4.69, 9.17) is 0 Å². The molecule has 0 aliphatic rings. The third kappa shape index (κ3) is 5.54. The van der Waals surface area contributed by atoms with Gasteiger partial charge in [0.2, 0.25) is 0 Å². The molecule has 1 heterocycles. The SMILES string of the molecule is CCCCCn1cc(CC(C)C)n(Cc2ccc(-c3ccccc3)c(C(=O)O)c2)c1=O. The molecule has 0 spiro atoms. The Labute approximate surface area is 184 Å². The van der Waals surface area contributed by atoms with Crippen molar-refractivity contribution in [1.29, 1.82) is 0 Å². The van der Waals surface area contributed by atoms with Crippen LogP contribution in [0.1, 0.15) is 61.6 Å². The lowest BCUT2D eigenvalue weighted by molar-refractivity contribution is 0.0697. The van der Waals surface area contributed by atoms with Crippen molar-refractivity contribution in [2.24, 2.45) is 5.92 Å². The predicted molar refractivity (Wildman–Crippen MR) is 125 cm³/mol. The van der Waals surface area contributed by atoms with Crippen LogP contribution in [0.5, 0.6) is 0 Å². The largest absolute Gasteiger partial charge is 0.478 e. The molecule has 2 aromatic carbocycles. The summed E-state index contributed by atoms with van der Waals surface area (Å²) < 4.78 is 3.61. The van der Waals surface area contributed by atoms with E-state index in [2.05, 4.69) is 20.8 Å². The Balaban J connectivity index is 1.96. The molecule has 3 aromatic rings. The van der Waals surface area contributed by atoms with Gasteiger partial charge < -0.3 is 5.11 Å². The minimum Gasteiger partial charge on any atom is -0.478 e. The van der Waals surface area contributed by atoms with Gasteiger partial charge in [-0.05, 0) is 41.5 Å². The molecule has 31 heavy (non-hydrogen) atoms. The van der Waals surface area contributed by atoms with E-state index in [1.165, 1.54) is 0 Å². The van der Waals surface area contributed by atoms with Gasteiger partial charge in [-0.25, -0.2) is 9.59 Å². The van der Waals surface area contributed by atoms with Crippen molar-refractivity contribution in [1.82, 2.24) is 9.13 Å². The molecule has 0 unspecified atom stereocenters. The Morgan fingerprint density at radius 2 is 1.81 bits per heavy atom. The van der Waals surface area contributed by atoms with Crippen LogP contribution in [-0.4, -0.2) is 20.2 Å². The van der Waals surface area contributed by atoms with E-state index in [0.29, 0.717) is 18.0 Å². The molecule has 0 saturated heterocycles. The van der Waals surface area contributed by atoms with Gasteiger partial charge in [-0.3, -0.25) is 9.13 Å². The minimum atomic E-state index is -0.965. The van der Waals surface area contributed by atoms with Gasteiger partial charge in [-0.2, -0.15) is 0 Å². The quantitative estimate of drug-likeness (QED) is 0.444. The number of hydrogen-bond donors (Lipinski definition) is 1. The Morgan fingerprint density at radius 1 is 1.06 bits per heavy atom. The molecule has 0 radical (unpaired) electrons. The van der Waals surface area contributed by atoms with Gasteiger partial charge in [0, 0.05) is 18.4 Å². The fourth-order valence-corrected chi connectivity index (χ4v) is 3.94. The molecule has 1 aromatic heterocycles. The van der Waals surface area contributed by atoms with E-state index < -0.39 is 5.97 Å². The van der Waals surface area contributed by atoms with Gasteiger partial charge in [-0.1, -0.05) is 76.1 Å². The van der Waals surface area contributed by atoms with Crippen LogP contribution in [-0.2, 0) is 19.5 Å². The molecule has 164 valence electrons. The van der Waals surface area contributed by atoms with Crippen LogP contribution in [0.3, 0.4) is 0 Å². The number of hydrogen-bond acceptors (Lipinski definition) is 2. The molecule has 3 rings (SSSR count). The maximum atomic E-state index is 13.1. The molecule has 0 bridgehead atoms. The maximum Gasteiger partial charge on any atom is 0.336 e. The van der Waals surface area contributed by atoms with E-state index in [9.17, 15) is 14.7 Å². The fraction of sp³-hybridized carbons (Fsp3) is 0.385. The number of aromatic carboxylic acids is 1. The predicted octanol–water partition coefficient (Wildman–Crippen LogP) is 5.45. The summed E-state index contributed by atoms with van der Waals surface area (Å²) in [4.78, 5) is 25.0. The van der Waals surface area contributed by atoms with Gasteiger partial charge in [0.25, 0.3) is 0 Å². The normalized spacial score (nSPS) is 11.2. The molecule has 5 nitrogen and oxygen atoms in total. The molecular formula is C26H32N2O3. The zero-order valence-corrected chi connectivity index (χ0v) is 18.7. The van der Waals surface area contributed by atoms with Gasteiger partial charge >= 0.3 is 11.7 Å². The van der Waals surface area contributed by atoms with E-state index >= 15 is 0 Å². The van der Waals surface area contributed by atoms with E-state index in [1.807, 2.05) is 53.2 Å². The van der Waals surface area contributed by atoms with Crippen LogP contribution in [0.15, 0.2) is 59.5 Å².